The molecule has 71 heavy (non-hydrogen) atoms. The number of rotatable bonds is 60. The number of aliphatic hydroxyl groups excluding tert-OH is 2. The number of carbonyl (C=O) groups excluding carboxylic acids is 2. The molecular weight excluding hydrogens is 875 g/mol. The molecule has 0 saturated heterocycles. The van der Waals surface area contributed by atoms with E-state index in [4.69, 9.17) is 4.74 Å². The highest BCUT2D eigenvalue weighted by Gasteiger charge is 2.20. The molecule has 1 amide bonds. The van der Waals surface area contributed by atoms with Crippen LogP contribution < -0.4 is 5.32 Å². The number of nitrogens with one attached hydrogen (secondary N) is 1. The Morgan fingerprint density at radius 3 is 1.10 bits per heavy atom. The lowest BCUT2D eigenvalue weighted by Gasteiger charge is -2.22. The van der Waals surface area contributed by atoms with Gasteiger partial charge in [-0.15, -0.1) is 0 Å². The highest BCUT2D eigenvalue weighted by Crippen LogP contribution is 2.18. The standard InChI is InChI=1S/C65H125NO5/c1-3-5-7-9-11-13-14-15-16-29-33-36-39-43-47-51-55-59-65(70)71-60-56-52-48-44-40-37-34-31-28-26-24-22-20-18-17-19-21-23-25-27-30-32-35-38-42-46-50-54-58-64(69)66-62(61-67)63(68)57-53-49-45-41-12-10-8-6-4-2/h11,13,15-16,62-63,67-68H,3-10,12,14,17-61H2,1-2H3,(H,66,69)/b13-11-,16-15-. The first-order chi connectivity index (χ1) is 35.0. The Morgan fingerprint density at radius 1 is 0.394 bits per heavy atom. The minimum absolute atomic E-state index is 0.0113. The third kappa shape index (κ3) is 57.5. The van der Waals surface area contributed by atoms with Gasteiger partial charge in [0, 0.05) is 12.8 Å². The maximum absolute atomic E-state index is 12.4. The highest BCUT2D eigenvalue weighted by molar-refractivity contribution is 5.76. The molecule has 6 nitrogen and oxygen atoms in total. The molecule has 0 aliphatic heterocycles. The first kappa shape index (κ1) is 69.3. The van der Waals surface area contributed by atoms with Crippen LogP contribution >= 0.6 is 0 Å². The Kier molecular flexibility index (Phi) is 59.5. The van der Waals surface area contributed by atoms with E-state index in [2.05, 4.69) is 43.5 Å². The smallest absolute Gasteiger partial charge is 0.305 e. The second kappa shape index (κ2) is 60.9. The number of amides is 1. The van der Waals surface area contributed by atoms with Gasteiger partial charge >= 0.3 is 5.97 Å². The fourth-order valence-corrected chi connectivity index (χ4v) is 10.1. The molecule has 420 valence electrons. The Bertz CT molecular complexity index is 1110. The van der Waals surface area contributed by atoms with Gasteiger partial charge in [-0.3, -0.25) is 9.59 Å². The van der Waals surface area contributed by atoms with Crippen molar-refractivity contribution in [2.75, 3.05) is 13.2 Å². The van der Waals surface area contributed by atoms with Crippen molar-refractivity contribution in [3.63, 3.8) is 0 Å². The summed E-state index contributed by atoms with van der Waals surface area (Å²) in [6.45, 7) is 4.92. The van der Waals surface area contributed by atoms with Crippen LogP contribution in [0.4, 0.5) is 0 Å². The summed E-state index contributed by atoms with van der Waals surface area (Å²) in [5, 5.41) is 23.1. The topological polar surface area (TPSA) is 95.9 Å². The van der Waals surface area contributed by atoms with Crippen LogP contribution in [0.1, 0.15) is 354 Å². The van der Waals surface area contributed by atoms with Gasteiger partial charge in [-0.05, 0) is 57.8 Å². The number of esters is 1. The number of hydrogen-bond acceptors (Lipinski definition) is 5. The summed E-state index contributed by atoms with van der Waals surface area (Å²) >= 11 is 0. The van der Waals surface area contributed by atoms with Crippen LogP contribution in [0.15, 0.2) is 24.3 Å². The SMILES string of the molecule is CCCCC/C=C\C/C=C\CCCCCCCCCC(=O)OCCCCCCCCCCCCCCCCCCCCCCCCCCCCCCC(=O)NC(CO)C(O)CCCCCCCCCCC. The van der Waals surface area contributed by atoms with Crippen LogP contribution in [-0.2, 0) is 14.3 Å². The van der Waals surface area contributed by atoms with Crippen LogP contribution in [0, 0.1) is 0 Å². The fourth-order valence-electron chi connectivity index (χ4n) is 10.1. The van der Waals surface area contributed by atoms with E-state index in [1.165, 1.54) is 270 Å². The van der Waals surface area contributed by atoms with Crippen molar-refractivity contribution in [3.05, 3.63) is 24.3 Å². The second-order valence-electron chi connectivity index (χ2n) is 22.1. The zero-order valence-electron chi connectivity index (χ0n) is 48.0. The molecule has 3 N–H and O–H groups in total. The summed E-state index contributed by atoms with van der Waals surface area (Å²) in [6, 6.07) is -0.536. The van der Waals surface area contributed by atoms with Crippen molar-refractivity contribution >= 4 is 11.9 Å². The molecule has 0 spiro atoms. The number of aliphatic hydroxyl groups is 2. The van der Waals surface area contributed by atoms with Crippen molar-refractivity contribution in [2.45, 2.75) is 366 Å². The Balaban J connectivity index is 3.30. The molecule has 0 heterocycles. The molecule has 0 rings (SSSR count). The molecular formula is C65H125NO5. The maximum Gasteiger partial charge on any atom is 0.305 e. The largest absolute Gasteiger partial charge is 0.466 e. The van der Waals surface area contributed by atoms with Crippen molar-refractivity contribution in [1.29, 1.82) is 0 Å². The number of ether oxygens (including phenoxy) is 1. The van der Waals surface area contributed by atoms with E-state index < -0.39 is 12.1 Å². The van der Waals surface area contributed by atoms with E-state index in [0.29, 0.717) is 25.9 Å². The Morgan fingerprint density at radius 2 is 0.704 bits per heavy atom. The van der Waals surface area contributed by atoms with Crippen molar-refractivity contribution in [3.8, 4) is 0 Å². The number of carbonyl (C=O) groups is 2. The normalized spacial score (nSPS) is 12.7. The molecule has 6 heteroatoms. The predicted octanol–water partition coefficient (Wildman–Crippen LogP) is 20.2. The predicted molar refractivity (Wildman–Crippen MR) is 310 cm³/mol. The Labute approximate surface area is 443 Å². The highest BCUT2D eigenvalue weighted by atomic mass is 16.5. The molecule has 0 aromatic rings. The molecule has 2 unspecified atom stereocenters. The first-order valence-electron chi connectivity index (χ1n) is 32.1. The molecule has 0 radical (unpaired) electrons. The quantitative estimate of drug-likeness (QED) is 0.0320. The average molecular weight is 1000 g/mol. The van der Waals surface area contributed by atoms with Gasteiger partial charge in [-0.1, -0.05) is 308 Å². The lowest BCUT2D eigenvalue weighted by Crippen LogP contribution is -2.45. The summed E-state index contributed by atoms with van der Waals surface area (Å²) in [5.74, 6) is -0.0218. The summed E-state index contributed by atoms with van der Waals surface area (Å²) in [7, 11) is 0. The van der Waals surface area contributed by atoms with Gasteiger partial charge in [-0.25, -0.2) is 0 Å². The molecule has 0 saturated carbocycles. The number of hydrogen-bond donors (Lipinski definition) is 3. The van der Waals surface area contributed by atoms with E-state index in [1.807, 2.05) is 0 Å². The van der Waals surface area contributed by atoms with Crippen LogP contribution in [0.5, 0.6) is 0 Å². The molecule has 0 fully saturated rings. The third-order valence-corrected chi connectivity index (χ3v) is 15.0. The zero-order valence-corrected chi connectivity index (χ0v) is 48.0. The van der Waals surface area contributed by atoms with E-state index in [1.54, 1.807) is 0 Å². The summed E-state index contributed by atoms with van der Waals surface area (Å²) in [6.07, 6.45) is 75.0. The van der Waals surface area contributed by atoms with E-state index in [-0.39, 0.29) is 18.5 Å². The molecule has 0 aromatic heterocycles. The lowest BCUT2D eigenvalue weighted by molar-refractivity contribution is -0.143. The lowest BCUT2D eigenvalue weighted by atomic mass is 10.0. The van der Waals surface area contributed by atoms with E-state index in [0.717, 1.165) is 51.4 Å². The van der Waals surface area contributed by atoms with Crippen molar-refractivity contribution < 1.29 is 24.5 Å². The van der Waals surface area contributed by atoms with Crippen molar-refractivity contribution in [2.24, 2.45) is 0 Å². The van der Waals surface area contributed by atoms with Gasteiger partial charge < -0.3 is 20.3 Å². The zero-order chi connectivity index (χ0) is 51.4. The molecule has 0 aliphatic rings. The van der Waals surface area contributed by atoms with Crippen molar-refractivity contribution in [1.82, 2.24) is 5.32 Å². The van der Waals surface area contributed by atoms with E-state index >= 15 is 0 Å². The van der Waals surface area contributed by atoms with Gasteiger partial charge in [0.1, 0.15) is 0 Å². The molecule has 0 aliphatic carbocycles. The minimum Gasteiger partial charge on any atom is -0.466 e. The van der Waals surface area contributed by atoms with Crippen LogP contribution in [0.25, 0.3) is 0 Å². The summed E-state index contributed by atoms with van der Waals surface area (Å²) in [4.78, 5) is 24.5. The average Bonchev–Trinajstić information content (AvgIpc) is 3.37. The number of allylic oxidation sites excluding steroid dienone is 4. The minimum atomic E-state index is -0.659. The molecule has 2 atom stereocenters. The summed E-state index contributed by atoms with van der Waals surface area (Å²) < 4.78 is 5.49. The monoisotopic (exact) mass is 1000 g/mol. The van der Waals surface area contributed by atoms with Gasteiger partial charge in [-0.2, -0.15) is 0 Å². The third-order valence-electron chi connectivity index (χ3n) is 15.0. The van der Waals surface area contributed by atoms with Gasteiger partial charge in [0.15, 0.2) is 0 Å². The van der Waals surface area contributed by atoms with Crippen LogP contribution in [-0.4, -0.2) is 47.4 Å². The van der Waals surface area contributed by atoms with E-state index in [9.17, 15) is 19.8 Å². The van der Waals surface area contributed by atoms with Gasteiger partial charge in [0.05, 0.1) is 25.4 Å². The Hall–Kier alpha value is -1.66. The molecule has 0 bridgehead atoms. The first-order valence-corrected chi connectivity index (χ1v) is 32.1. The van der Waals surface area contributed by atoms with Crippen LogP contribution in [0.2, 0.25) is 0 Å². The second-order valence-corrected chi connectivity index (χ2v) is 22.1. The summed E-state index contributed by atoms with van der Waals surface area (Å²) in [5.41, 5.74) is 0. The fraction of sp³-hybridized carbons (Fsp3) is 0.908. The van der Waals surface area contributed by atoms with Gasteiger partial charge in [0.25, 0.3) is 0 Å². The van der Waals surface area contributed by atoms with Crippen LogP contribution in [0.3, 0.4) is 0 Å². The number of unbranched alkanes of at least 4 members (excludes halogenated alkanes) is 45. The molecule has 0 aromatic carbocycles. The maximum atomic E-state index is 12.4. The van der Waals surface area contributed by atoms with Gasteiger partial charge in [0.2, 0.25) is 5.91 Å².